The van der Waals surface area contributed by atoms with E-state index in [0.29, 0.717) is 18.5 Å². The van der Waals surface area contributed by atoms with Gasteiger partial charge in [-0.1, -0.05) is 6.07 Å². The Morgan fingerprint density at radius 3 is 2.79 bits per heavy atom. The molecule has 1 aromatic carbocycles. The Bertz CT molecular complexity index is 315. The molecular formula is C10H11F2NO. The number of aldehydes is 1. The van der Waals surface area contributed by atoms with E-state index in [1.54, 1.807) is 0 Å². The molecule has 1 aromatic rings. The molecule has 14 heavy (non-hydrogen) atoms. The van der Waals surface area contributed by atoms with E-state index in [4.69, 9.17) is 0 Å². The largest absolute Gasteiger partial charge is 0.310 e. The van der Waals surface area contributed by atoms with Gasteiger partial charge < -0.3 is 10.1 Å². The maximum atomic E-state index is 13.0. The first-order valence-corrected chi connectivity index (χ1v) is 4.32. The lowest BCUT2D eigenvalue weighted by molar-refractivity contribution is -0.107. The number of hydrogen-bond acceptors (Lipinski definition) is 2. The molecule has 4 heteroatoms. The SMILES string of the molecule is O=CCNCCc1ccc(F)cc1F. The summed E-state index contributed by atoms with van der Waals surface area (Å²) < 4.78 is 25.5. The van der Waals surface area contributed by atoms with Gasteiger partial charge in [-0.05, 0) is 24.6 Å². The average molecular weight is 199 g/mol. The second-order valence-corrected chi connectivity index (χ2v) is 2.86. The first kappa shape index (κ1) is 10.8. The molecule has 0 saturated carbocycles. The second kappa shape index (κ2) is 5.44. The van der Waals surface area contributed by atoms with Crippen molar-refractivity contribution in [1.29, 1.82) is 0 Å². The second-order valence-electron chi connectivity index (χ2n) is 2.86. The minimum Gasteiger partial charge on any atom is -0.310 e. The summed E-state index contributed by atoms with van der Waals surface area (Å²) in [5, 5.41) is 2.80. The maximum Gasteiger partial charge on any atom is 0.133 e. The molecule has 0 heterocycles. The zero-order valence-electron chi connectivity index (χ0n) is 7.59. The summed E-state index contributed by atoms with van der Waals surface area (Å²) in [5.74, 6) is -1.12. The van der Waals surface area contributed by atoms with Gasteiger partial charge in [0.1, 0.15) is 17.9 Å². The molecule has 0 aliphatic carbocycles. The molecule has 0 spiro atoms. The van der Waals surface area contributed by atoms with E-state index in [0.717, 1.165) is 12.4 Å². The Morgan fingerprint density at radius 2 is 2.14 bits per heavy atom. The summed E-state index contributed by atoms with van der Waals surface area (Å²) in [6.45, 7) is 0.754. The van der Waals surface area contributed by atoms with E-state index in [2.05, 4.69) is 5.32 Å². The zero-order valence-corrected chi connectivity index (χ0v) is 7.59. The Labute approximate surface area is 80.9 Å². The molecule has 0 fully saturated rings. The molecule has 0 bridgehead atoms. The van der Waals surface area contributed by atoms with Gasteiger partial charge in [-0.25, -0.2) is 8.78 Å². The summed E-state index contributed by atoms with van der Waals surface area (Å²) >= 11 is 0. The molecule has 2 nitrogen and oxygen atoms in total. The van der Waals surface area contributed by atoms with Gasteiger partial charge >= 0.3 is 0 Å². The first-order chi connectivity index (χ1) is 6.74. The van der Waals surface area contributed by atoms with Gasteiger partial charge in [0.05, 0.1) is 6.54 Å². The van der Waals surface area contributed by atoms with Crippen LogP contribution in [0, 0.1) is 11.6 Å². The Balaban J connectivity index is 2.46. The molecule has 0 radical (unpaired) electrons. The van der Waals surface area contributed by atoms with Crippen LogP contribution >= 0.6 is 0 Å². The number of carbonyl (C=O) groups is 1. The Hall–Kier alpha value is -1.29. The van der Waals surface area contributed by atoms with Crippen LogP contribution < -0.4 is 5.32 Å². The van der Waals surface area contributed by atoms with Gasteiger partial charge in [-0.3, -0.25) is 0 Å². The maximum absolute atomic E-state index is 13.0. The molecule has 0 aliphatic heterocycles. The highest BCUT2D eigenvalue weighted by Gasteiger charge is 2.02. The highest BCUT2D eigenvalue weighted by Crippen LogP contribution is 2.09. The van der Waals surface area contributed by atoms with Gasteiger partial charge in [-0.2, -0.15) is 0 Å². The fraction of sp³-hybridized carbons (Fsp3) is 0.300. The first-order valence-electron chi connectivity index (χ1n) is 4.32. The average Bonchev–Trinajstić information content (AvgIpc) is 2.15. The predicted molar refractivity (Wildman–Crippen MR) is 49.0 cm³/mol. The monoisotopic (exact) mass is 199 g/mol. The molecule has 0 saturated heterocycles. The van der Waals surface area contributed by atoms with E-state index in [1.165, 1.54) is 12.1 Å². The van der Waals surface area contributed by atoms with Gasteiger partial charge in [-0.15, -0.1) is 0 Å². The van der Waals surface area contributed by atoms with Crippen molar-refractivity contribution in [2.45, 2.75) is 6.42 Å². The topological polar surface area (TPSA) is 29.1 Å². The van der Waals surface area contributed by atoms with Crippen molar-refractivity contribution in [3.8, 4) is 0 Å². The van der Waals surface area contributed by atoms with E-state index in [9.17, 15) is 13.6 Å². The molecule has 0 aliphatic rings. The van der Waals surface area contributed by atoms with E-state index in [-0.39, 0.29) is 6.54 Å². The lowest BCUT2D eigenvalue weighted by atomic mass is 10.1. The summed E-state index contributed by atoms with van der Waals surface area (Å²) in [7, 11) is 0. The van der Waals surface area contributed by atoms with E-state index in [1.807, 2.05) is 0 Å². The summed E-state index contributed by atoms with van der Waals surface area (Å²) in [6.07, 6.45) is 1.18. The van der Waals surface area contributed by atoms with E-state index >= 15 is 0 Å². The number of rotatable bonds is 5. The number of halogens is 2. The highest BCUT2D eigenvalue weighted by molar-refractivity contribution is 5.51. The van der Waals surface area contributed by atoms with Crippen LogP contribution in [0.3, 0.4) is 0 Å². The van der Waals surface area contributed by atoms with Crippen LogP contribution in [-0.4, -0.2) is 19.4 Å². The number of nitrogens with one attached hydrogen (secondary N) is 1. The fourth-order valence-electron chi connectivity index (χ4n) is 1.11. The van der Waals surface area contributed by atoms with Crippen LogP contribution in [0.25, 0.3) is 0 Å². The molecule has 0 atom stereocenters. The van der Waals surface area contributed by atoms with Crippen LogP contribution in [0.1, 0.15) is 5.56 Å². The molecule has 1 rings (SSSR count). The third kappa shape index (κ3) is 3.22. The van der Waals surface area contributed by atoms with Crippen LogP contribution in [-0.2, 0) is 11.2 Å². The van der Waals surface area contributed by atoms with Gasteiger partial charge in [0.25, 0.3) is 0 Å². The highest BCUT2D eigenvalue weighted by atomic mass is 19.1. The lowest BCUT2D eigenvalue weighted by Gasteiger charge is -2.03. The molecule has 76 valence electrons. The fourth-order valence-corrected chi connectivity index (χ4v) is 1.11. The normalized spacial score (nSPS) is 10.1. The van der Waals surface area contributed by atoms with Crippen molar-refractivity contribution in [3.63, 3.8) is 0 Å². The van der Waals surface area contributed by atoms with Crippen molar-refractivity contribution in [2.24, 2.45) is 0 Å². The molecule has 0 unspecified atom stereocenters. The van der Waals surface area contributed by atoms with Crippen molar-refractivity contribution >= 4 is 6.29 Å². The third-order valence-electron chi connectivity index (χ3n) is 1.81. The number of benzene rings is 1. The van der Waals surface area contributed by atoms with Gasteiger partial charge in [0, 0.05) is 6.07 Å². The number of hydrogen-bond donors (Lipinski definition) is 1. The third-order valence-corrected chi connectivity index (χ3v) is 1.81. The summed E-state index contributed by atoms with van der Waals surface area (Å²) in [6, 6.07) is 3.49. The summed E-state index contributed by atoms with van der Waals surface area (Å²) in [4.78, 5) is 9.94. The molecule has 1 N–H and O–H groups in total. The van der Waals surface area contributed by atoms with Crippen LogP contribution in [0.5, 0.6) is 0 Å². The van der Waals surface area contributed by atoms with Crippen LogP contribution in [0.2, 0.25) is 0 Å². The molecule has 0 aromatic heterocycles. The Kier molecular flexibility index (Phi) is 4.19. The van der Waals surface area contributed by atoms with Crippen molar-refractivity contribution in [1.82, 2.24) is 5.32 Å². The zero-order chi connectivity index (χ0) is 10.4. The van der Waals surface area contributed by atoms with Crippen molar-refractivity contribution in [3.05, 3.63) is 35.4 Å². The Morgan fingerprint density at radius 1 is 1.36 bits per heavy atom. The molecule has 0 amide bonds. The van der Waals surface area contributed by atoms with Crippen LogP contribution in [0.4, 0.5) is 8.78 Å². The molecular weight excluding hydrogens is 188 g/mol. The van der Waals surface area contributed by atoms with Crippen LogP contribution in [0.15, 0.2) is 18.2 Å². The quantitative estimate of drug-likeness (QED) is 0.572. The van der Waals surface area contributed by atoms with Gasteiger partial charge in [0.2, 0.25) is 0 Å². The number of carbonyl (C=O) groups excluding carboxylic acids is 1. The summed E-state index contributed by atoms with van der Waals surface area (Å²) in [5.41, 5.74) is 0.449. The van der Waals surface area contributed by atoms with Crippen molar-refractivity contribution in [2.75, 3.05) is 13.1 Å². The standard InChI is InChI=1S/C10H11F2NO/c11-9-2-1-8(10(12)7-9)3-4-13-5-6-14/h1-2,6-7,13H,3-5H2. The predicted octanol–water partition coefficient (Wildman–Crippen LogP) is 1.30. The minimum absolute atomic E-state index is 0.253. The van der Waals surface area contributed by atoms with Crippen molar-refractivity contribution < 1.29 is 13.6 Å². The van der Waals surface area contributed by atoms with E-state index < -0.39 is 11.6 Å². The van der Waals surface area contributed by atoms with Gasteiger partial charge in [0.15, 0.2) is 0 Å². The smallest absolute Gasteiger partial charge is 0.133 e. The minimum atomic E-state index is -0.577. The lowest BCUT2D eigenvalue weighted by Crippen LogP contribution is -2.19.